The molecule has 0 atom stereocenters. The highest BCUT2D eigenvalue weighted by Crippen LogP contribution is 2.38. The van der Waals surface area contributed by atoms with Crippen molar-refractivity contribution in [1.82, 2.24) is 4.98 Å². The van der Waals surface area contributed by atoms with Crippen LogP contribution in [0, 0.1) is 12.3 Å². The summed E-state index contributed by atoms with van der Waals surface area (Å²) in [6, 6.07) is 10.9. The smallest absolute Gasteiger partial charge is 0.0707 e. The molecule has 0 amide bonds. The maximum absolute atomic E-state index is 4.85. The van der Waals surface area contributed by atoms with Crippen LogP contribution in [-0.4, -0.2) is 4.98 Å². The van der Waals surface area contributed by atoms with Crippen LogP contribution in [0.4, 0.5) is 0 Å². The molecule has 0 spiro atoms. The molecule has 23 heavy (non-hydrogen) atoms. The van der Waals surface area contributed by atoms with Crippen molar-refractivity contribution < 1.29 is 0 Å². The lowest BCUT2D eigenvalue weighted by molar-refractivity contribution is 0.408. The number of aryl methyl sites for hydroxylation is 1. The van der Waals surface area contributed by atoms with Crippen molar-refractivity contribution in [3.05, 3.63) is 53.2 Å². The minimum Gasteiger partial charge on any atom is -0.256 e. The molecule has 1 aromatic heterocycles. The Balaban J connectivity index is 2.04. The summed E-state index contributed by atoms with van der Waals surface area (Å²) in [5.41, 5.74) is 7.02. The fraction of sp³-hybridized carbons (Fsp3) is 0.500. The lowest BCUT2D eigenvalue weighted by Crippen LogP contribution is -2.13. The van der Waals surface area contributed by atoms with E-state index in [1.165, 1.54) is 47.9 Å². The third kappa shape index (κ3) is 3.83. The zero-order valence-corrected chi connectivity index (χ0v) is 15.0. The molecular weight excluding hydrogens is 278 g/mol. The first-order valence-corrected chi connectivity index (χ1v) is 8.99. The molecular formula is C22H29N. The van der Waals surface area contributed by atoms with E-state index >= 15 is 0 Å². The minimum absolute atomic E-state index is 0.303. The number of benzene rings is 1. The van der Waals surface area contributed by atoms with E-state index < -0.39 is 0 Å². The monoisotopic (exact) mass is 307 g/mol. The zero-order chi connectivity index (χ0) is 16.4. The molecule has 1 aliphatic rings. The number of rotatable bonds is 3. The number of aromatic nitrogens is 1. The summed E-state index contributed by atoms with van der Waals surface area (Å²) in [6.07, 6.45) is 8.72. The molecule has 1 aliphatic carbocycles. The number of pyridine rings is 1. The Labute approximate surface area is 141 Å². The highest BCUT2D eigenvalue weighted by atomic mass is 14.7. The second-order valence-corrected chi connectivity index (χ2v) is 8.30. The normalized spacial score (nSPS) is 16.0. The lowest BCUT2D eigenvalue weighted by Gasteiger charge is -2.23. The van der Waals surface area contributed by atoms with Gasteiger partial charge in [0.25, 0.3) is 0 Å². The average Bonchev–Trinajstić information content (AvgIpc) is 3.00. The molecule has 0 bridgehead atoms. The number of nitrogens with zero attached hydrogens (tertiary/aromatic N) is 1. The predicted molar refractivity (Wildman–Crippen MR) is 98.8 cm³/mol. The third-order valence-corrected chi connectivity index (χ3v) is 4.96. The molecule has 0 saturated heterocycles. The van der Waals surface area contributed by atoms with Crippen molar-refractivity contribution >= 4 is 0 Å². The first-order valence-electron chi connectivity index (χ1n) is 8.99. The number of hydrogen-bond acceptors (Lipinski definition) is 1. The van der Waals surface area contributed by atoms with E-state index in [9.17, 15) is 0 Å². The van der Waals surface area contributed by atoms with Crippen LogP contribution in [0.25, 0.3) is 11.3 Å². The van der Waals surface area contributed by atoms with Crippen LogP contribution in [0.15, 0.2) is 36.5 Å². The van der Waals surface area contributed by atoms with Crippen LogP contribution >= 0.6 is 0 Å². The fourth-order valence-corrected chi connectivity index (χ4v) is 3.84. The molecule has 1 heterocycles. The Kier molecular flexibility index (Phi) is 4.57. The highest BCUT2D eigenvalue weighted by Gasteiger charge is 2.23. The van der Waals surface area contributed by atoms with Crippen LogP contribution in [0.3, 0.4) is 0 Å². The summed E-state index contributed by atoms with van der Waals surface area (Å²) in [4.78, 5) is 4.85. The third-order valence-electron chi connectivity index (χ3n) is 4.96. The van der Waals surface area contributed by atoms with Gasteiger partial charge in [0, 0.05) is 11.8 Å². The summed E-state index contributed by atoms with van der Waals surface area (Å²) in [7, 11) is 0. The summed E-state index contributed by atoms with van der Waals surface area (Å²) in [6.45, 7) is 9.17. The first kappa shape index (κ1) is 16.2. The molecule has 122 valence electrons. The van der Waals surface area contributed by atoms with Gasteiger partial charge in [-0.3, -0.25) is 4.98 Å². The van der Waals surface area contributed by atoms with E-state index in [4.69, 9.17) is 4.98 Å². The molecule has 2 aromatic rings. The van der Waals surface area contributed by atoms with Gasteiger partial charge in [-0.05, 0) is 60.3 Å². The highest BCUT2D eigenvalue weighted by molar-refractivity contribution is 5.64. The molecule has 1 nitrogen and oxygen atoms in total. The van der Waals surface area contributed by atoms with Gasteiger partial charge in [-0.25, -0.2) is 0 Å². The second kappa shape index (κ2) is 6.47. The Morgan fingerprint density at radius 1 is 1.09 bits per heavy atom. The predicted octanol–water partition coefficient (Wildman–Crippen LogP) is 6.30. The van der Waals surface area contributed by atoms with Gasteiger partial charge in [-0.15, -0.1) is 0 Å². The minimum atomic E-state index is 0.303. The second-order valence-electron chi connectivity index (χ2n) is 8.30. The molecule has 0 aliphatic heterocycles. The maximum Gasteiger partial charge on any atom is 0.0707 e. The standard InChI is InChI=1S/C22H29N/c1-16-9-5-8-12-19(16)21-13-18(14-22(2,3)4)20(15-23-21)17-10-6-7-11-17/h5,8-9,12-13,15,17H,6-7,10-11,14H2,1-4H3. The van der Waals surface area contributed by atoms with E-state index in [1.807, 2.05) is 0 Å². The van der Waals surface area contributed by atoms with Crippen molar-refractivity contribution in [2.24, 2.45) is 5.41 Å². The summed E-state index contributed by atoms with van der Waals surface area (Å²) >= 11 is 0. The topological polar surface area (TPSA) is 12.9 Å². The summed E-state index contributed by atoms with van der Waals surface area (Å²) in [5, 5.41) is 0. The van der Waals surface area contributed by atoms with Crippen molar-refractivity contribution in [2.75, 3.05) is 0 Å². The van der Waals surface area contributed by atoms with Gasteiger partial charge in [-0.1, -0.05) is 57.9 Å². The van der Waals surface area contributed by atoms with E-state index in [0.29, 0.717) is 5.41 Å². The van der Waals surface area contributed by atoms with Crippen LogP contribution in [-0.2, 0) is 6.42 Å². The molecule has 0 N–H and O–H groups in total. The van der Waals surface area contributed by atoms with Crippen LogP contribution < -0.4 is 0 Å². The van der Waals surface area contributed by atoms with Crippen LogP contribution in [0.1, 0.15) is 69.1 Å². The Hall–Kier alpha value is -1.63. The van der Waals surface area contributed by atoms with Gasteiger partial charge in [0.1, 0.15) is 0 Å². The number of hydrogen-bond donors (Lipinski definition) is 0. The van der Waals surface area contributed by atoms with Crippen LogP contribution in [0.5, 0.6) is 0 Å². The first-order chi connectivity index (χ1) is 10.9. The van der Waals surface area contributed by atoms with Gasteiger partial charge < -0.3 is 0 Å². The molecule has 1 fully saturated rings. The average molecular weight is 307 g/mol. The Morgan fingerprint density at radius 3 is 2.43 bits per heavy atom. The van der Waals surface area contributed by atoms with Gasteiger partial charge in [0.2, 0.25) is 0 Å². The summed E-state index contributed by atoms with van der Waals surface area (Å²) in [5.74, 6) is 0.728. The van der Waals surface area contributed by atoms with E-state index in [1.54, 1.807) is 0 Å². The molecule has 3 rings (SSSR count). The van der Waals surface area contributed by atoms with Crippen LogP contribution in [0.2, 0.25) is 0 Å². The van der Waals surface area contributed by atoms with E-state index in [-0.39, 0.29) is 0 Å². The Bertz CT molecular complexity index is 673. The van der Waals surface area contributed by atoms with E-state index in [0.717, 1.165) is 18.0 Å². The molecule has 0 unspecified atom stereocenters. The van der Waals surface area contributed by atoms with Gasteiger partial charge in [0.15, 0.2) is 0 Å². The van der Waals surface area contributed by atoms with Gasteiger partial charge >= 0.3 is 0 Å². The molecule has 1 aromatic carbocycles. The molecule has 1 saturated carbocycles. The SMILES string of the molecule is Cc1ccccc1-c1cc(CC(C)(C)C)c(C2CCCC2)cn1. The quantitative estimate of drug-likeness (QED) is 0.648. The fourth-order valence-electron chi connectivity index (χ4n) is 3.84. The van der Waals surface area contributed by atoms with Crippen molar-refractivity contribution in [2.45, 2.75) is 65.7 Å². The lowest BCUT2D eigenvalue weighted by atomic mass is 9.83. The van der Waals surface area contributed by atoms with Gasteiger partial charge in [0.05, 0.1) is 5.69 Å². The summed E-state index contributed by atoms with van der Waals surface area (Å²) < 4.78 is 0. The van der Waals surface area contributed by atoms with E-state index in [2.05, 4.69) is 64.2 Å². The van der Waals surface area contributed by atoms with Crippen molar-refractivity contribution in [3.8, 4) is 11.3 Å². The van der Waals surface area contributed by atoms with Gasteiger partial charge in [-0.2, -0.15) is 0 Å². The molecule has 1 heteroatoms. The molecule has 0 radical (unpaired) electrons. The largest absolute Gasteiger partial charge is 0.256 e. The Morgan fingerprint density at radius 2 is 1.78 bits per heavy atom. The van der Waals surface area contributed by atoms with Crippen molar-refractivity contribution in [3.63, 3.8) is 0 Å². The van der Waals surface area contributed by atoms with Crippen molar-refractivity contribution in [1.29, 1.82) is 0 Å². The maximum atomic E-state index is 4.85. The zero-order valence-electron chi connectivity index (χ0n) is 15.0.